The van der Waals surface area contributed by atoms with Gasteiger partial charge in [-0.15, -0.1) is 0 Å². The van der Waals surface area contributed by atoms with E-state index in [1.165, 1.54) is 14.2 Å². The van der Waals surface area contributed by atoms with Crippen molar-refractivity contribution in [3.05, 3.63) is 22.2 Å². The van der Waals surface area contributed by atoms with Gasteiger partial charge >= 0.3 is 5.97 Å². The molecule has 5 nitrogen and oxygen atoms in total. The number of rotatable bonds is 7. The Morgan fingerprint density at radius 1 is 1.35 bits per heavy atom. The number of carboxylic acid groups (broad SMARTS) is 1. The Bertz CT molecular complexity index is 478. The highest BCUT2D eigenvalue weighted by atomic mass is 79.9. The van der Waals surface area contributed by atoms with Crippen molar-refractivity contribution in [3.63, 3.8) is 0 Å². The number of carboxylic acids is 1. The van der Waals surface area contributed by atoms with Gasteiger partial charge in [-0.3, -0.25) is 10.1 Å². The van der Waals surface area contributed by atoms with Gasteiger partial charge in [-0.05, 0) is 31.0 Å². The molecule has 1 aromatic carbocycles. The molecule has 2 atom stereocenters. The molecular weight excluding hydrogens is 326 g/mol. The van der Waals surface area contributed by atoms with Gasteiger partial charge in [0.2, 0.25) is 0 Å². The summed E-state index contributed by atoms with van der Waals surface area (Å²) in [6, 6.07) is 2.68. The maximum absolute atomic E-state index is 11.5. The SMILES string of the molecule is CCC(C)NC(C(=O)O)c1cc(OC)c(OC)cc1Br. The average Bonchev–Trinajstić information content (AvgIpc) is 2.44. The first-order chi connectivity index (χ1) is 9.44. The third-order valence-corrected chi connectivity index (χ3v) is 3.81. The summed E-state index contributed by atoms with van der Waals surface area (Å²) in [5.41, 5.74) is 0.607. The number of nitrogens with one attached hydrogen (secondary N) is 1. The van der Waals surface area contributed by atoms with Crippen molar-refractivity contribution >= 4 is 21.9 Å². The second-order valence-corrected chi connectivity index (χ2v) is 5.33. The molecule has 0 aromatic heterocycles. The fourth-order valence-electron chi connectivity index (χ4n) is 1.79. The normalized spacial score (nSPS) is 13.7. The topological polar surface area (TPSA) is 67.8 Å². The van der Waals surface area contributed by atoms with Crippen LogP contribution < -0.4 is 14.8 Å². The van der Waals surface area contributed by atoms with Gasteiger partial charge in [0.1, 0.15) is 6.04 Å². The number of aliphatic carboxylic acids is 1. The molecule has 0 saturated carbocycles. The molecule has 112 valence electrons. The van der Waals surface area contributed by atoms with E-state index in [0.29, 0.717) is 21.5 Å². The minimum absolute atomic E-state index is 0.0936. The van der Waals surface area contributed by atoms with E-state index in [4.69, 9.17) is 9.47 Å². The summed E-state index contributed by atoms with van der Waals surface area (Å²) in [5, 5.41) is 12.5. The lowest BCUT2D eigenvalue weighted by atomic mass is 10.0. The Morgan fingerprint density at radius 2 is 1.90 bits per heavy atom. The van der Waals surface area contributed by atoms with E-state index >= 15 is 0 Å². The maximum Gasteiger partial charge on any atom is 0.325 e. The van der Waals surface area contributed by atoms with E-state index in [0.717, 1.165) is 6.42 Å². The predicted molar refractivity (Wildman–Crippen MR) is 80.5 cm³/mol. The highest BCUT2D eigenvalue weighted by molar-refractivity contribution is 9.10. The van der Waals surface area contributed by atoms with Gasteiger partial charge in [-0.2, -0.15) is 0 Å². The van der Waals surface area contributed by atoms with E-state index < -0.39 is 12.0 Å². The smallest absolute Gasteiger partial charge is 0.325 e. The highest BCUT2D eigenvalue weighted by Crippen LogP contribution is 2.36. The Morgan fingerprint density at radius 3 is 2.35 bits per heavy atom. The van der Waals surface area contributed by atoms with Crippen LogP contribution in [0.1, 0.15) is 31.9 Å². The van der Waals surface area contributed by atoms with Crippen LogP contribution in [0, 0.1) is 0 Å². The summed E-state index contributed by atoms with van der Waals surface area (Å²) >= 11 is 3.39. The van der Waals surface area contributed by atoms with Crippen molar-refractivity contribution in [3.8, 4) is 11.5 Å². The first-order valence-electron chi connectivity index (χ1n) is 6.34. The summed E-state index contributed by atoms with van der Waals surface area (Å²) in [4.78, 5) is 11.5. The number of benzene rings is 1. The van der Waals surface area contributed by atoms with E-state index in [1.807, 2.05) is 13.8 Å². The summed E-state index contributed by atoms with van der Waals surface area (Å²) in [5.74, 6) is 0.122. The number of halogens is 1. The molecule has 0 aliphatic carbocycles. The molecule has 1 aromatic rings. The predicted octanol–water partition coefficient (Wildman–Crippen LogP) is 2.98. The zero-order valence-electron chi connectivity index (χ0n) is 12.1. The molecule has 20 heavy (non-hydrogen) atoms. The van der Waals surface area contributed by atoms with E-state index in [1.54, 1.807) is 12.1 Å². The number of carbonyl (C=O) groups is 1. The van der Waals surface area contributed by atoms with Gasteiger partial charge in [0, 0.05) is 10.5 Å². The van der Waals surface area contributed by atoms with E-state index in [2.05, 4.69) is 21.2 Å². The number of methoxy groups -OCH3 is 2. The first-order valence-corrected chi connectivity index (χ1v) is 7.14. The zero-order chi connectivity index (χ0) is 15.3. The molecule has 0 bridgehead atoms. The Hall–Kier alpha value is -1.27. The quantitative estimate of drug-likeness (QED) is 0.795. The molecular formula is C14H20BrNO4. The molecule has 2 N–H and O–H groups in total. The van der Waals surface area contributed by atoms with Gasteiger partial charge in [0.25, 0.3) is 0 Å². The van der Waals surface area contributed by atoms with Crippen molar-refractivity contribution in [2.75, 3.05) is 14.2 Å². The summed E-state index contributed by atoms with van der Waals surface area (Å²) in [6.07, 6.45) is 0.842. The van der Waals surface area contributed by atoms with Crippen molar-refractivity contribution in [1.82, 2.24) is 5.32 Å². The molecule has 0 heterocycles. The van der Waals surface area contributed by atoms with E-state index in [9.17, 15) is 9.90 Å². The third kappa shape index (κ3) is 3.86. The van der Waals surface area contributed by atoms with Crippen LogP contribution in [0.4, 0.5) is 0 Å². The van der Waals surface area contributed by atoms with Crippen LogP contribution in [0.3, 0.4) is 0 Å². The number of ether oxygens (including phenoxy) is 2. The average molecular weight is 346 g/mol. The molecule has 0 radical (unpaired) electrons. The lowest BCUT2D eigenvalue weighted by molar-refractivity contribution is -0.139. The zero-order valence-corrected chi connectivity index (χ0v) is 13.7. The Kier molecular flexibility index (Phi) is 6.29. The van der Waals surface area contributed by atoms with Crippen molar-refractivity contribution in [2.45, 2.75) is 32.4 Å². The van der Waals surface area contributed by atoms with Gasteiger partial charge < -0.3 is 14.6 Å². The summed E-state index contributed by atoms with van der Waals surface area (Å²) in [7, 11) is 3.06. The number of hydrogen-bond acceptors (Lipinski definition) is 4. The van der Waals surface area contributed by atoms with Crippen LogP contribution in [-0.4, -0.2) is 31.3 Å². The lowest BCUT2D eigenvalue weighted by Crippen LogP contribution is -2.35. The minimum Gasteiger partial charge on any atom is -0.493 e. The van der Waals surface area contributed by atoms with Crippen LogP contribution in [-0.2, 0) is 4.79 Å². The van der Waals surface area contributed by atoms with Crippen LogP contribution in [0.5, 0.6) is 11.5 Å². The highest BCUT2D eigenvalue weighted by Gasteiger charge is 2.25. The van der Waals surface area contributed by atoms with Crippen LogP contribution in [0.2, 0.25) is 0 Å². The molecule has 0 aliphatic heterocycles. The largest absolute Gasteiger partial charge is 0.493 e. The van der Waals surface area contributed by atoms with Gasteiger partial charge in [0.05, 0.1) is 14.2 Å². The standard InChI is InChI=1S/C14H20BrNO4/c1-5-8(2)16-13(14(17)18)9-6-11(19-3)12(20-4)7-10(9)15/h6-8,13,16H,5H2,1-4H3,(H,17,18). The third-order valence-electron chi connectivity index (χ3n) is 3.12. The van der Waals surface area contributed by atoms with Crippen molar-refractivity contribution in [1.29, 1.82) is 0 Å². The van der Waals surface area contributed by atoms with Crippen LogP contribution >= 0.6 is 15.9 Å². The summed E-state index contributed by atoms with van der Waals surface area (Å²) < 4.78 is 11.1. The minimum atomic E-state index is -0.932. The molecule has 0 amide bonds. The van der Waals surface area contributed by atoms with Gasteiger partial charge in [0.15, 0.2) is 11.5 Å². The van der Waals surface area contributed by atoms with Crippen molar-refractivity contribution in [2.24, 2.45) is 0 Å². The second kappa shape index (κ2) is 7.50. The second-order valence-electron chi connectivity index (χ2n) is 4.48. The molecule has 1 rings (SSSR count). The molecule has 6 heteroatoms. The summed E-state index contributed by atoms with van der Waals surface area (Å²) in [6.45, 7) is 3.95. The fourth-order valence-corrected chi connectivity index (χ4v) is 2.34. The number of hydrogen-bond donors (Lipinski definition) is 2. The Labute approximate surface area is 127 Å². The maximum atomic E-state index is 11.5. The molecule has 0 aliphatic rings. The molecule has 0 spiro atoms. The molecule has 0 fully saturated rings. The van der Waals surface area contributed by atoms with Gasteiger partial charge in [-0.1, -0.05) is 22.9 Å². The van der Waals surface area contributed by atoms with Crippen molar-refractivity contribution < 1.29 is 19.4 Å². The van der Waals surface area contributed by atoms with E-state index in [-0.39, 0.29) is 6.04 Å². The molecule has 0 saturated heterocycles. The fraction of sp³-hybridized carbons (Fsp3) is 0.500. The van der Waals surface area contributed by atoms with Gasteiger partial charge in [-0.25, -0.2) is 0 Å². The Balaban J connectivity index is 3.22. The van der Waals surface area contributed by atoms with Crippen LogP contribution in [0.15, 0.2) is 16.6 Å². The lowest BCUT2D eigenvalue weighted by Gasteiger charge is -2.21. The van der Waals surface area contributed by atoms with Crippen LogP contribution in [0.25, 0.3) is 0 Å². The first kappa shape index (κ1) is 16.8. The molecule has 2 unspecified atom stereocenters. The monoisotopic (exact) mass is 345 g/mol.